The van der Waals surface area contributed by atoms with Crippen LogP contribution in [0.3, 0.4) is 0 Å². The minimum absolute atomic E-state index is 0.0198. The lowest BCUT2D eigenvalue weighted by Gasteiger charge is -2.20. The van der Waals surface area contributed by atoms with E-state index in [-0.39, 0.29) is 5.92 Å². The van der Waals surface area contributed by atoms with Crippen LogP contribution in [-0.4, -0.2) is 38.4 Å². The molecule has 0 aromatic heterocycles. The van der Waals surface area contributed by atoms with Crippen LogP contribution in [0.4, 0.5) is 0 Å². The second-order valence-corrected chi connectivity index (χ2v) is 4.93. The van der Waals surface area contributed by atoms with Crippen molar-refractivity contribution in [3.63, 3.8) is 0 Å². The zero-order chi connectivity index (χ0) is 16.0. The smallest absolute Gasteiger partial charge is 0.320 e. The maximum absolute atomic E-state index is 11.2. The van der Waals surface area contributed by atoms with Crippen molar-refractivity contribution in [2.45, 2.75) is 26.4 Å². The molecule has 2 N–H and O–H groups in total. The van der Waals surface area contributed by atoms with Gasteiger partial charge in [0, 0.05) is 12.1 Å². The van der Waals surface area contributed by atoms with E-state index in [0.29, 0.717) is 23.8 Å². The summed E-state index contributed by atoms with van der Waals surface area (Å²) in [5, 5.41) is 12.2. The third-order valence-electron chi connectivity index (χ3n) is 3.23. The molecule has 0 saturated heterocycles. The van der Waals surface area contributed by atoms with E-state index >= 15 is 0 Å². The summed E-state index contributed by atoms with van der Waals surface area (Å²) in [6.45, 7) is 4.08. The maximum atomic E-state index is 11.2. The van der Waals surface area contributed by atoms with Gasteiger partial charge in [0.05, 0.1) is 21.3 Å². The summed E-state index contributed by atoms with van der Waals surface area (Å²) in [5.41, 5.74) is 0.807. The molecule has 0 amide bonds. The van der Waals surface area contributed by atoms with E-state index in [4.69, 9.17) is 14.2 Å². The van der Waals surface area contributed by atoms with Crippen LogP contribution in [0.5, 0.6) is 17.2 Å². The molecule has 1 aromatic carbocycles. The third kappa shape index (κ3) is 4.01. The summed E-state index contributed by atoms with van der Waals surface area (Å²) in [7, 11) is 4.62. The van der Waals surface area contributed by atoms with Crippen LogP contribution in [-0.2, 0) is 11.3 Å². The van der Waals surface area contributed by atoms with Crippen molar-refractivity contribution in [2.75, 3.05) is 21.3 Å². The molecule has 1 atom stereocenters. The van der Waals surface area contributed by atoms with E-state index in [1.165, 1.54) is 14.2 Å². The van der Waals surface area contributed by atoms with Crippen LogP contribution in [0.25, 0.3) is 0 Å². The van der Waals surface area contributed by atoms with Gasteiger partial charge >= 0.3 is 5.97 Å². The lowest BCUT2D eigenvalue weighted by Crippen LogP contribution is -2.40. The number of hydrogen-bond donors (Lipinski definition) is 2. The molecule has 1 aromatic rings. The summed E-state index contributed by atoms with van der Waals surface area (Å²) in [6, 6.07) is 2.97. The molecule has 0 saturated carbocycles. The van der Waals surface area contributed by atoms with Crippen molar-refractivity contribution in [3.05, 3.63) is 17.7 Å². The van der Waals surface area contributed by atoms with Crippen molar-refractivity contribution in [1.82, 2.24) is 5.32 Å². The number of aliphatic carboxylic acids is 1. The van der Waals surface area contributed by atoms with Gasteiger partial charge in [-0.2, -0.15) is 0 Å². The Morgan fingerprint density at radius 1 is 1.14 bits per heavy atom. The average molecular weight is 297 g/mol. The third-order valence-corrected chi connectivity index (χ3v) is 3.23. The first-order valence-electron chi connectivity index (χ1n) is 6.70. The van der Waals surface area contributed by atoms with Gasteiger partial charge in [0.2, 0.25) is 5.75 Å². The summed E-state index contributed by atoms with van der Waals surface area (Å²) >= 11 is 0. The Bertz CT molecular complexity index is 487. The Morgan fingerprint density at radius 2 is 1.76 bits per heavy atom. The summed E-state index contributed by atoms with van der Waals surface area (Å²) < 4.78 is 15.9. The monoisotopic (exact) mass is 297 g/mol. The fourth-order valence-electron chi connectivity index (χ4n) is 2.13. The number of carboxylic acids is 1. The van der Waals surface area contributed by atoms with Gasteiger partial charge < -0.3 is 19.3 Å². The second-order valence-electron chi connectivity index (χ2n) is 4.93. The van der Waals surface area contributed by atoms with Crippen molar-refractivity contribution in [1.29, 1.82) is 0 Å². The van der Waals surface area contributed by atoms with Crippen molar-refractivity contribution in [3.8, 4) is 17.2 Å². The topological polar surface area (TPSA) is 77.0 Å². The SMILES string of the molecule is COc1ccc(CN[C@@H](C(=O)O)C(C)C)c(OC)c1OC. The molecule has 0 fully saturated rings. The molecule has 0 heterocycles. The lowest BCUT2D eigenvalue weighted by atomic mass is 10.0. The highest BCUT2D eigenvalue weighted by molar-refractivity contribution is 5.73. The normalized spacial score (nSPS) is 12.1. The van der Waals surface area contributed by atoms with E-state index < -0.39 is 12.0 Å². The fourth-order valence-corrected chi connectivity index (χ4v) is 2.13. The number of benzene rings is 1. The Hall–Kier alpha value is -1.95. The lowest BCUT2D eigenvalue weighted by molar-refractivity contribution is -0.140. The van der Waals surface area contributed by atoms with Crippen LogP contribution in [0, 0.1) is 5.92 Å². The van der Waals surface area contributed by atoms with Crippen molar-refractivity contribution >= 4 is 5.97 Å². The quantitative estimate of drug-likeness (QED) is 0.763. The number of methoxy groups -OCH3 is 3. The molecule has 118 valence electrons. The molecule has 6 nitrogen and oxygen atoms in total. The van der Waals surface area contributed by atoms with Gasteiger partial charge in [0.15, 0.2) is 11.5 Å². The predicted octanol–water partition coefficient (Wildman–Crippen LogP) is 1.91. The van der Waals surface area contributed by atoms with Gasteiger partial charge in [-0.3, -0.25) is 10.1 Å². The van der Waals surface area contributed by atoms with Gasteiger partial charge in [0.1, 0.15) is 6.04 Å². The summed E-state index contributed by atoms with van der Waals surface area (Å²) in [5.74, 6) is 0.711. The Kier molecular flexibility index (Phi) is 6.30. The number of carboxylic acid groups (broad SMARTS) is 1. The van der Waals surface area contributed by atoms with Gasteiger partial charge in [-0.1, -0.05) is 19.9 Å². The Labute approximate surface area is 125 Å². The van der Waals surface area contributed by atoms with E-state index in [1.54, 1.807) is 13.2 Å². The number of carbonyl (C=O) groups is 1. The summed E-state index contributed by atoms with van der Waals surface area (Å²) in [4.78, 5) is 11.2. The van der Waals surface area contributed by atoms with Gasteiger partial charge in [-0.25, -0.2) is 0 Å². The van der Waals surface area contributed by atoms with Crippen LogP contribution in [0.2, 0.25) is 0 Å². The maximum Gasteiger partial charge on any atom is 0.320 e. The van der Waals surface area contributed by atoms with E-state index in [1.807, 2.05) is 19.9 Å². The minimum Gasteiger partial charge on any atom is -0.493 e. The van der Waals surface area contributed by atoms with Gasteiger partial charge in [-0.05, 0) is 12.0 Å². The second kappa shape index (κ2) is 7.73. The van der Waals surface area contributed by atoms with E-state index in [9.17, 15) is 9.90 Å². The van der Waals surface area contributed by atoms with Crippen molar-refractivity contribution in [2.24, 2.45) is 5.92 Å². The first-order valence-corrected chi connectivity index (χ1v) is 6.70. The summed E-state index contributed by atoms with van der Waals surface area (Å²) in [6.07, 6.45) is 0. The molecule has 6 heteroatoms. The highest BCUT2D eigenvalue weighted by atomic mass is 16.5. The standard InChI is InChI=1S/C15H23NO5/c1-9(2)12(15(17)18)16-8-10-6-7-11(19-3)14(21-5)13(10)20-4/h6-7,9,12,16H,8H2,1-5H3,(H,17,18)/t12-/m1/s1. The Balaban J connectivity index is 3.00. The van der Waals surface area contributed by atoms with Crippen molar-refractivity contribution < 1.29 is 24.1 Å². The molecule has 0 aliphatic rings. The van der Waals surface area contributed by atoms with E-state index in [2.05, 4.69) is 5.32 Å². The molecule has 0 aliphatic heterocycles. The highest BCUT2D eigenvalue weighted by Gasteiger charge is 2.22. The minimum atomic E-state index is -0.871. The van der Waals surface area contributed by atoms with Crippen LogP contribution < -0.4 is 19.5 Å². The molecular formula is C15H23NO5. The number of rotatable bonds is 8. The molecule has 1 rings (SSSR count). The number of ether oxygens (including phenoxy) is 3. The fraction of sp³-hybridized carbons (Fsp3) is 0.533. The van der Waals surface area contributed by atoms with Crippen LogP contribution in [0.1, 0.15) is 19.4 Å². The highest BCUT2D eigenvalue weighted by Crippen LogP contribution is 2.39. The molecule has 0 radical (unpaired) electrons. The number of hydrogen-bond acceptors (Lipinski definition) is 5. The van der Waals surface area contributed by atoms with Gasteiger partial charge in [0.25, 0.3) is 0 Å². The molecular weight excluding hydrogens is 274 g/mol. The average Bonchev–Trinajstić information content (AvgIpc) is 2.45. The zero-order valence-corrected chi connectivity index (χ0v) is 13.1. The number of nitrogens with one attached hydrogen (secondary N) is 1. The first-order chi connectivity index (χ1) is 9.96. The molecule has 0 aliphatic carbocycles. The van der Waals surface area contributed by atoms with Crippen LogP contribution in [0.15, 0.2) is 12.1 Å². The molecule has 0 unspecified atom stereocenters. The molecule has 0 spiro atoms. The van der Waals surface area contributed by atoms with E-state index in [0.717, 1.165) is 5.56 Å². The molecule has 21 heavy (non-hydrogen) atoms. The van der Waals surface area contributed by atoms with Gasteiger partial charge in [-0.15, -0.1) is 0 Å². The first kappa shape index (κ1) is 17.1. The zero-order valence-electron chi connectivity index (χ0n) is 13.1. The van der Waals surface area contributed by atoms with Crippen LogP contribution >= 0.6 is 0 Å². The largest absolute Gasteiger partial charge is 0.493 e. The Morgan fingerprint density at radius 3 is 2.19 bits per heavy atom. The predicted molar refractivity (Wildman–Crippen MR) is 79.2 cm³/mol. The molecule has 0 bridgehead atoms.